The van der Waals surface area contributed by atoms with E-state index >= 15 is 0 Å². The highest BCUT2D eigenvalue weighted by Gasteiger charge is 2.33. The van der Waals surface area contributed by atoms with Crippen molar-refractivity contribution < 1.29 is 28.5 Å². The summed E-state index contributed by atoms with van der Waals surface area (Å²) in [6.45, 7) is 10.7. The van der Waals surface area contributed by atoms with Crippen molar-refractivity contribution >= 4 is 23.4 Å². The molecule has 2 aliphatic heterocycles. The van der Waals surface area contributed by atoms with Crippen molar-refractivity contribution in [2.45, 2.75) is 58.4 Å². The lowest BCUT2D eigenvalue weighted by atomic mass is 10.2. The number of anilines is 2. The Hall–Kier alpha value is -2.40. The second-order valence-corrected chi connectivity index (χ2v) is 8.60. The van der Waals surface area contributed by atoms with Crippen LogP contribution < -0.4 is 21.3 Å². The maximum Gasteiger partial charge on any atom is 0.319 e. The molecule has 0 unspecified atom stereocenters. The van der Waals surface area contributed by atoms with E-state index in [1.165, 1.54) is 0 Å². The van der Waals surface area contributed by atoms with Gasteiger partial charge in [0.05, 0.1) is 13.2 Å². The van der Waals surface area contributed by atoms with Crippen molar-refractivity contribution in [2.24, 2.45) is 0 Å². The summed E-state index contributed by atoms with van der Waals surface area (Å²) in [7, 11) is 0. The van der Waals surface area contributed by atoms with Crippen LogP contribution in [0.2, 0.25) is 0 Å². The number of hydrogen-bond donors (Lipinski definition) is 4. The molecule has 0 spiro atoms. The molecular weight excluding hydrogens is 404 g/mol. The third-order valence-corrected chi connectivity index (χ3v) is 4.86. The molecule has 0 aliphatic carbocycles. The van der Waals surface area contributed by atoms with Crippen LogP contribution in [0.1, 0.15) is 33.3 Å². The van der Waals surface area contributed by atoms with Gasteiger partial charge in [0, 0.05) is 24.5 Å². The third kappa shape index (κ3) is 7.06. The topological polar surface area (TPSA) is 119 Å². The minimum atomic E-state index is -0.632. The van der Waals surface area contributed by atoms with Crippen molar-refractivity contribution in [2.75, 3.05) is 36.9 Å². The van der Waals surface area contributed by atoms with E-state index in [1.807, 2.05) is 40.7 Å². The SMILES string of the molecule is Cc1ccc(NC(=O)NC[C@@H]2COC(C)(C)O2)cc1NC(=O)NC[C@@H]1COC(C)(C)O1. The molecule has 4 N–H and O–H groups in total. The molecule has 0 aromatic heterocycles. The van der Waals surface area contributed by atoms with Gasteiger partial charge in [0.15, 0.2) is 11.6 Å². The summed E-state index contributed by atoms with van der Waals surface area (Å²) in [5.41, 5.74) is 2.01. The van der Waals surface area contributed by atoms with Gasteiger partial charge in [0.2, 0.25) is 0 Å². The summed E-state index contributed by atoms with van der Waals surface area (Å²) in [4.78, 5) is 24.5. The Bertz CT molecular complexity index is 813. The van der Waals surface area contributed by atoms with E-state index in [1.54, 1.807) is 12.1 Å². The number of benzene rings is 1. The van der Waals surface area contributed by atoms with E-state index in [4.69, 9.17) is 18.9 Å². The van der Waals surface area contributed by atoms with Gasteiger partial charge in [0.25, 0.3) is 0 Å². The lowest BCUT2D eigenvalue weighted by Gasteiger charge is -2.18. The van der Waals surface area contributed by atoms with Gasteiger partial charge in [-0.25, -0.2) is 9.59 Å². The van der Waals surface area contributed by atoms with Crippen LogP contribution in [-0.2, 0) is 18.9 Å². The van der Waals surface area contributed by atoms with E-state index in [2.05, 4.69) is 21.3 Å². The third-order valence-electron chi connectivity index (χ3n) is 4.86. The van der Waals surface area contributed by atoms with Gasteiger partial charge in [-0.2, -0.15) is 0 Å². The quantitative estimate of drug-likeness (QED) is 0.544. The minimum absolute atomic E-state index is 0.195. The first-order valence-corrected chi connectivity index (χ1v) is 10.4. The molecule has 172 valence electrons. The molecule has 4 amide bonds. The Morgan fingerprint density at radius 3 is 1.90 bits per heavy atom. The molecule has 1 aromatic rings. The Morgan fingerprint density at radius 1 is 0.903 bits per heavy atom. The summed E-state index contributed by atoms with van der Waals surface area (Å²) in [6.07, 6.45) is -0.391. The van der Waals surface area contributed by atoms with Crippen LogP contribution in [-0.4, -0.2) is 62.1 Å². The first-order valence-electron chi connectivity index (χ1n) is 10.4. The molecular formula is C21H32N4O6. The fraction of sp³-hybridized carbons (Fsp3) is 0.619. The molecule has 1 aromatic carbocycles. The molecule has 0 bridgehead atoms. The lowest BCUT2D eigenvalue weighted by molar-refractivity contribution is -0.138. The van der Waals surface area contributed by atoms with Gasteiger partial charge in [-0.1, -0.05) is 6.07 Å². The van der Waals surface area contributed by atoms with Crippen LogP contribution in [0.25, 0.3) is 0 Å². The summed E-state index contributed by atoms with van der Waals surface area (Å²) in [5.74, 6) is -1.26. The van der Waals surface area contributed by atoms with Crippen LogP contribution in [0.4, 0.5) is 21.0 Å². The standard InChI is InChI=1S/C21H32N4O6/c1-13-6-7-14(24-18(26)22-9-15-11-28-20(2,3)30-15)8-17(13)25-19(27)23-10-16-12-29-21(4,5)31-16/h6-8,15-16H,9-12H2,1-5H3,(H2,22,24,26)(H2,23,25,27)/t15-,16-/m1/s1. The first kappa shape index (κ1) is 23.3. The fourth-order valence-electron chi connectivity index (χ4n) is 3.32. The second kappa shape index (κ2) is 9.39. The summed E-state index contributed by atoms with van der Waals surface area (Å²) in [5, 5.41) is 11.1. The molecule has 2 heterocycles. The zero-order valence-electron chi connectivity index (χ0n) is 18.7. The molecule has 31 heavy (non-hydrogen) atoms. The van der Waals surface area contributed by atoms with Crippen LogP contribution in [0.3, 0.4) is 0 Å². The lowest BCUT2D eigenvalue weighted by Crippen LogP contribution is -2.37. The van der Waals surface area contributed by atoms with Crippen LogP contribution in [0, 0.1) is 6.92 Å². The van der Waals surface area contributed by atoms with Crippen molar-refractivity contribution in [3.8, 4) is 0 Å². The van der Waals surface area contributed by atoms with Crippen molar-refractivity contribution in [3.05, 3.63) is 23.8 Å². The summed E-state index contributed by atoms with van der Waals surface area (Å²) < 4.78 is 22.3. The number of urea groups is 2. The predicted octanol–water partition coefficient (Wildman–Crippen LogP) is 2.54. The Morgan fingerprint density at radius 2 is 1.42 bits per heavy atom. The van der Waals surface area contributed by atoms with Gasteiger partial charge in [-0.15, -0.1) is 0 Å². The molecule has 2 atom stereocenters. The van der Waals surface area contributed by atoms with E-state index in [0.29, 0.717) is 37.7 Å². The number of amides is 4. The van der Waals surface area contributed by atoms with Gasteiger partial charge in [-0.05, 0) is 52.3 Å². The summed E-state index contributed by atoms with van der Waals surface area (Å²) >= 11 is 0. The number of nitrogens with one attached hydrogen (secondary N) is 4. The molecule has 10 nitrogen and oxygen atoms in total. The zero-order chi connectivity index (χ0) is 22.6. The Balaban J connectivity index is 1.45. The maximum absolute atomic E-state index is 12.3. The van der Waals surface area contributed by atoms with Crippen molar-refractivity contribution in [3.63, 3.8) is 0 Å². The molecule has 2 aliphatic rings. The van der Waals surface area contributed by atoms with E-state index in [9.17, 15) is 9.59 Å². The monoisotopic (exact) mass is 436 g/mol. The molecule has 0 radical (unpaired) electrons. The van der Waals surface area contributed by atoms with E-state index in [0.717, 1.165) is 5.56 Å². The highest BCUT2D eigenvalue weighted by Crippen LogP contribution is 2.23. The number of hydrogen-bond acceptors (Lipinski definition) is 6. The largest absolute Gasteiger partial charge is 0.348 e. The van der Waals surface area contributed by atoms with E-state index < -0.39 is 11.6 Å². The van der Waals surface area contributed by atoms with Crippen LogP contribution in [0.5, 0.6) is 0 Å². The normalized spacial score (nSPS) is 23.9. The van der Waals surface area contributed by atoms with Gasteiger partial charge in [-0.3, -0.25) is 0 Å². The van der Waals surface area contributed by atoms with E-state index in [-0.39, 0.29) is 24.3 Å². The minimum Gasteiger partial charge on any atom is -0.348 e. The number of ether oxygens (including phenoxy) is 4. The van der Waals surface area contributed by atoms with Crippen molar-refractivity contribution in [1.82, 2.24) is 10.6 Å². The molecule has 0 saturated carbocycles. The molecule has 3 rings (SSSR count). The average molecular weight is 437 g/mol. The van der Waals surface area contributed by atoms with Crippen LogP contribution >= 0.6 is 0 Å². The summed E-state index contributed by atoms with van der Waals surface area (Å²) in [6, 6.07) is 4.55. The number of rotatable bonds is 6. The number of carbonyl (C=O) groups excluding carboxylic acids is 2. The van der Waals surface area contributed by atoms with Crippen molar-refractivity contribution in [1.29, 1.82) is 0 Å². The highest BCUT2D eigenvalue weighted by atomic mass is 16.7. The molecule has 2 fully saturated rings. The predicted molar refractivity (Wildman–Crippen MR) is 115 cm³/mol. The number of aryl methyl sites for hydroxylation is 1. The zero-order valence-corrected chi connectivity index (χ0v) is 18.7. The first-order chi connectivity index (χ1) is 14.5. The smallest absolute Gasteiger partial charge is 0.319 e. The highest BCUT2D eigenvalue weighted by molar-refractivity contribution is 5.93. The maximum atomic E-state index is 12.3. The fourth-order valence-corrected chi connectivity index (χ4v) is 3.32. The molecule has 10 heteroatoms. The van der Waals surface area contributed by atoms with Crippen LogP contribution in [0.15, 0.2) is 18.2 Å². The Kier molecular flexibility index (Phi) is 7.05. The average Bonchev–Trinajstić information content (AvgIpc) is 3.21. The Labute approximate surface area is 182 Å². The van der Waals surface area contributed by atoms with Gasteiger partial charge < -0.3 is 40.2 Å². The van der Waals surface area contributed by atoms with Gasteiger partial charge >= 0.3 is 12.1 Å². The van der Waals surface area contributed by atoms with Gasteiger partial charge in [0.1, 0.15) is 12.2 Å². The molecule has 2 saturated heterocycles. The number of carbonyl (C=O) groups is 2. The second-order valence-electron chi connectivity index (χ2n) is 8.60.